The quantitative estimate of drug-likeness (QED) is 0.507. The van der Waals surface area contributed by atoms with Crippen molar-refractivity contribution in [1.29, 1.82) is 0 Å². The number of carbonyl (C=O) groups is 4. The van der Waals surface area contributed by atoms with Gasteiger partial charge in [0.25, 0.3) is 17.1 Å². The molecule has 194 valence electrons. The van der Waals surface area contributed by atoms with Crippen LogP contribution >= 0.6 is 11.8 Å². The second-order valence-corrected chi connectivity index (χ2v) is 10.0. The molecule has 3 saturated heterocycles. The molecule has 1 aromatic carbocycles. The fourth-order valence-electron chi connectivity index (χ4n) is 4.22. The normalized spacial score (nSPS) is 20.3. The summed E-state index contributed by atoms with van der Waals surface area (Å²) in [7, 11) is 1.48. The fraction of sp³-hybridized carbons (Fsp3) is 0.520. The minimum absolute atomic E-state index is 0.126. The van der Waals surface area contributed by atoms with Crippen molar-refractivity contribution >= 4 is 40.8 Å². The average Bonchev–Trinajstić information content (AvgIpc) is 3.15. The number of rotatable bonds is 7. The summed E-state index contributed by atoms with van der Waals surface area (Å²) in [6.07, 6.45) is 3.44. The monoisotopic (exact) mass is 517 g/mol. The van der Waals surface area contributed by atoms with E-state index in [1.807, 2.05) is 0 Å². The third kappa shape index (κ3) is 6.19. The van der Waals surface area contributed by atoms with E-state index in [9.17, 15) is 19.2 Å². The number of ether oxygens (including phenoxy) is 3. The van der Waals surface area contributed by atoms with Gasteiger partial charge < -0.3 is 24.0 Å². The summed E-state index contributed by atoms with van der Waals surface area (Å²) in [4.78, 5) is 55.0. The Hall–Kier alpha value is -3.05. The van der Waals surface area contributed by atoms with Gasteiger partial charge in [0.05, 0.1) is 25.2 Å². The molecular formula is C25H31N3O7S. The van der Waals surface area contributed by atoms with Crippen LogP contribution in [0.1, 0.15) is 25.3 Å². The summed E-state index contributed by atoms with van der Waals surface area (Å²) in [5.41, 5.74) is 0.626. The van der Waals surface area contributed by atoms with Gasteiger partial charge in [0.15, 0.2) is 18.1 Å². The molecule has 0 aromatic heterocycles. The predicted molar refractivity (Wildman–Crippen MR) is 134 cm³/mol. The van der Waals surface area contributed by atoms with E-state index in [2.05, 4.69) is 6.92 Å². The van der Waals surface area contributed by atoms with E-state index < -0.39 is 11.1 Å². The second-order valence-electron chi connectivity index (χ2n) is 9.02. The first kappa shape index (κ1) is 26.0. The zero-order valence-electron chi connectivity index (χ0n) is 20.6. The summed E-state index contributed by atoms with van der Waals surface area (Å²) in [5.74, 6) is 0.539. The van der Waals surface area contributed by atoms with Crippen molar-refractivity contribution < 1.29 is 33.4 Å². The van der Waals surface area contributed by atoms with Crippen LogP contribution in [0.3, 0.4) is 0 Å². The molecule has 0 radical (unpaired) electrons. The van der Waals surface area contributed by atoms with Crippen molar-refractivity contribution in [1.82, 2.24) is 14.7 Å². The molecule has 36 heavy (non-hydrogen) atoms. The van der Waals surface area contributed by atoms with Crippen molar-refractivity contribution in [2.75, 3.05) is 59.7 Å². The van der Waals surface area contributed by atoms with Gasteiger partial charge in [0.2, 0.25) is 5.91 Å². The van der Waals surface area contributed by atoms with Gasteiger partial charge in [-0.15, -0.1) is 0 Å². The van der Waals surface area contributed by atoms with Crippen molar-refractivity contribution in [3.8, 4) is 11.5 Å². The van der Waals surface area contributed by atoms with Crippen LogP contribution in [0.4, 0.5) is 4.79 Å². The molecule has 0 bridgehead atoms. The highest BCUT2D eigenvalue weighted by atomic mass is 32.2. The summed E-state index contributed by atoms with van der Waals surface area (Å²) in [6.45, 7) is 5.19. The first-order valence-electron chi connectivity index (χ1n) is 12.0. The SMILES string of the molecule is COc1cc(/C=C2\SC(=O)N(CC(=O)N3CCC(C)CC3)C2=O)ccc1OCC(=O)N1CCOCC1. The van der Waals surface area contributed by atoms with Gasteiger partial charge in [-0.05, 0) is 54.3 Å². The standard InChI is InChI=1S/C25H31N3O7S/c1-17-5-7-26(8-6-17)22(29)15-28-24(31)21(36-25(28)32)14-18-3-4-19(20(13-18)33-2)35-16-23(30)27-9-11-34-12-10-27/h3-4,13-14,17H,5-12,15-16H2,1-2H3/b21-14-. The highest BCUT2D eigenvalue weighted by Crippen LogP contribution is 2.34. The maximum Gasteiger partial charge on any atom is 0.294 e. The van der Waals surface area contributed by atoms with Gasteiger partial charge in [-0.25, -0.2) is 0 Å². The lowest BCUT2D eigenvalue weighted by molar-refractivity contribution is -0.137. The Kier molecular flexibility index (Phi) is 8.52. The number of hydrogen-bond donors (Lipinski definition) is 0. The zero-order valence-corrected chi connectivity index (χ0v) is 21.4. The molecule has 0 atom stereocenters. The van der Waals surface area contributed by atoms with Gasteiger partial charge >= 0.3 is 0 Å². The third-order valence-corrected chi connectivity index (χ3v) is 7.41. The highest BCUT2D eigenvalue weighted by molar-refractivity contribution is 8.18. The van der Waals surface area contributed by atoms with Crippen LogP contribution in [-0.4, -0.2) is 97.3 Å². The number of carbonyl (C=O) groups excluding carboxylic acids is 4. The molecule has 3 aliphatic heterocycles. The molecule has 4 rings (SSSR count). The number of piperidine rings is 1. The number of methoxy groups -OCH3 is 1. The molecule has 0 N–H and O–H groups in total. The molecule has 3 aliphatic rings. The Morgan fingerprint density at radius 3 is 2.44 bits per heavy atom. The molecule has 0 saturated carbocycles. The lowest BCUT2D eigenvalue weighted by Gasteiger charge is -2.31. The number of amides is 4. The first-order chi connectivity index (χ1) is 17.4. The Balaban J connectivity index is 1.38. The molecule has 3 heterocycles. The average molecular weight is 518 g/mol. The van der Waals surface area contributed by atoms with Crippen LogP contribution in [0.5, 0.6) is 11.5 Å². The summed E-state index contributed by atoms with van der Waals surface area (Å²) < 4.78 is 16.3. The topological polar surface area (TPSA) is 106 Å². The van der Waals surface area contributed by atoms with Crippen LogP contribution in [0.25, 0.3) is 6.08 Å². The summed E-state index contributed by atoms with van der Waals surface area (Å²) >= 11 is 0.809. The number of imide groups is 1. The van der Waals surface area contributed by atoms with E-state index in [0.29, 0.717) is 62.4 Å². The zero-order chi connectivity index (χ0) is 25.7. The number of thioether (sulfide) groups is 1. The lowest BCUT2D eigenvalue weighted by Crippen LogP contribution is -2.45. The number of benzene rings is 1. The van der Waals surface area contributed by atoms with Crippen LogP contribution in [0.2, 0.25) is 0 Å². The summed E-state index contributed by atoms with van der Waals surface area (Å²) in [6, 6.07) is 5.04. The van der Waals surface area contributed by atoms with Gasteiger partial charge in [-0.3, -0.25) is 24.1 Å². The molecule has 11 heteroatoms. The molecular weight excluding hydrogens is 486 g/mol. The van der Waals surface area contributed by atoms with Crippen molar-refractivity contribution in [3.63, 3.8) is 0 Å². The van der Waals surface area contributed by atoms with Crippen LogP contribution in [0.15, 0.2) is 23.1 Å². The van der Waals surface area contributed by atoms with E-state index >= 15 is 0 Å². The van der Waals surface area contributed by atoms with Crippen molar-refractivity contribution in [2.24, 2.45) is 5.92 Å². The maximum absolute atomic E-state index is 12.9. The van der Waals surface area contributed by atoms with Crippen LogP contribution in [0, 0.1) is 5.92 Å². The first-order valence-corrected chi connectivity index (χ1v) is 12.9. The molecule has 3 fully saturated rings. The Morgan fingerprint density at radius 2 is 1.75 bits per heavy atom. The minimum atomic E-state index is -0.487. The van der Waals surface area contributed by atoms with Crippen LogP contribution < -0.4 is 9.47 Å². The molecule has 0 aliphatic carbocycles. The minimum Gasteiger partial charge on any atom is -0.493 e. The van der Waals surface area contributed by atoms with Gasteiger partial charge in [0.1, 0.15) is 6.54 Å². The van der Waals surface area contributed by atoms with Crippen LogP contribution in [-0.2, 0) is 19.1 Å². The third-order valence-electron chi connectivity index (χ3n) is 6.50. The van der Waals surface area contributed by atoms with E-state index in [1.54, 1.807) is 34.1 Å². The number of nitrogens with zero attached hydrogens (tertiary/aromatic N) is 3. The molecule has 4 amide bonds. The smallest absolute Gasteiger partial charge is 0.294 e. The molecule has 0 spiro atoms. The predicted octanol–water partition coefficient (Wildman–Crippen LogP) is 2.23. The van der Waals surface area contributed by atoms with Gasteiger partial charge in [-0.1, -0.05) is 13.0 Å². The Bertz CT molecular complexity index is 1050. The Morgan fingerprint density at radius 1 is 1.06 bits per heavy atom. The fourth-order valence-corrected chi connectivity index (χ4v) is 5.06. The molecule has 10 nitrogen and oxygen atoms in total. The Labute approximate surface area is 214 Å². The largest absolute Gasteiger partial charge is 0.493 e. The van der Waals surface area contributed by atoms with E-state index in [0.717, 1.165) is 29.5 Å². The summed E-state index contributed by atoms with van der Waals surface area (Å²) in [5, 5.41) is -0.460. The number of hydrogen-bond acceptors (Lipinski definition) is 8. The highest BCUT2D eigenvalue weighted by Gasteiger charge is 2.37. The molecule has 1 aromatic rings. The van der Waals surface area contributed by atoms with Gasteiger partial charge in [-0.2, -0.15) is 0 Å². The van der Waals surface area contributed by atoms with Crippen molar-refractivity contribution in [2.45, 2.75) is 19.8 Å². The molecule has 0 unspecified atom stereocenters. The van der Waals surface area contributed by atoms with Crippen molar-refractivity contribution in [3.05, 3.63) is 28.7 Å². The number of morpholine rings is 1. The van der Waals surface area contributed by atoms with Gasteiger partial charge in [0, 0.05) is 26.2 Å². The number of likely N-dealkylation sites (tertiary alicyclic amines) is 1. The second kappa shape index (κ2) is 11.8. The maximum atomic E-state index is 12.9. The van der Waals surface area contributed by atoms with E-state index in [1.165, 1.54) is 7.11 Å². The lowest BCUT2D eigenvalue weighted by atomic mass is 9.99. The van der Waals surface area contributed by atoms with E-state index in [-0.39, 0.29) is 29.9 Å². The van der Waals surface area contributed by atoms with E-state index in [4.69, 9.17) is 14.2 Å².